The van der Waals surface area contributed by atoms with E-state index in [-0.39, 0.29) is 17.6 Å². The van der Waals surface area contributed by atoms with Gasteiger partial charge in [-0.1, -0.05) is 6.07 Å². The monoisotopic (exact) mass is 349 g/mol. The number of benzene rings is 2. The van der Waals surface area contributed by atoms with Crippen molar-refractivity contribution in [1.29, 1.82) is 0 Å². The molecular weight excluding hydrogens is 329 g/mol. The van der Waals surface area contributed by atoms with Crippen molar-refractivity contribution in [3.8, 4) is 5.75 Å². The van der Waals surface area contributed by atoms with E-state index < -0.39 is 0 Å². The summed E-state index contributed by atoms with van der Waals surface area (Å²) in [5, 5.41) is 21.8. The predicted octanol–water partition coefficient (Wildman–Crippen LogP) is 4.70. The smallest absolute Gasteiger partial charge is 0.132 e. The second-order valence-corrected chi connectivity index (χ2v) is 8.12. The highest BCUT2D eigenvalue weighted by atomic mass is 19.1. The van der Waals surface area contributed by atoms with Crippen molar-refractivity contribution in [2.24, 2.45) is 17.8 Å². The maximum Gasteiger partial charge on any atom is 0.132 e. The van der Waals surface area contributed by atoms with Crippen LogP contribution in [-0.4, -0.2) is 15.3 Å². The van der Waals surface area contributed by atoms with Crippen LogP contribution in [0.4, 0.5) is 10.1 Å². The SMILES string of the molecule is Oc1ccc([C@@H]2Nc3ccc4[nH]ncc4c3[C@H]3[C@@H]4CC[C@H](C4)[C@H]32)c(F)c1. The molecule has 2 fully saturated rings. The van der Waals surface area contributed by atoms with E-state index in [2.05, 4.69) is 21.6 Å². The first-order valence-electron chi connectivity index (χ1n) is 9.41. The van der Waals surface area contributed by atoms with Crippen LogP contribution in [0.3, 0.4) is 0 Å². The molecule has 2 saturated carbocycles. The molecule has 3 aromatic rings. The van der Waals surface area contributed by atoms with Gasteiger partial charge in [0.25, 0.3) is 0 Å². The number of aromatic amines is 1. The number of aromatic nitrogens is 2. The molecule has 2 aliphatic carbocycles. The summed E-state index contributed by atoms with van der Waals surface area (Å²) in [6.45, 7) is 0. The lowest BCUT2D eigenvalue weighted by Gasteiger charge is -2.43. The lowest BCUT2D eigenvalue weighted by atomic mass is 9.67. The number of anilines is 1. The highest BCUT2D eigenvalue weighted by molar-refractivity contribution is 5.88. The van der Waals surface area contributed by atoms with E-state index in [4.69, 9.17) is 0 Å². The average molecular weight is 349 g/mol. The van der Waals surface area contributed by atoms with Gasteiger partial charge in [-0.05, 0) is 66.7 Å². The topological polar surface area (TPSA) is 60.9 Å². The number of aromatic hydroxyl groups is 1. The highest BCUT2D eigenvalue weighted by Gasteiger charge is 2.54. The van der Waals surface area contributed by atoms with Crippen LogP contribution in [0, 0.1) is 23.6 Å². The number of rotatable bonds is 1. The third-order valence-electron chi connectivity index (χ3n) is 6.99. The fourth-order valence-electron chi connectivity index (χ4n) is 6.09. The predicted molar refractivity (Wildman–Crippen MR) is 97.6 cm³/mol. The zero-order valence-electron chi connectivity index (χ0n) is 14.2. The maximum atomic E-state index is 14.7. The summed E-state index contributed by atoms with van der Waals surface area (Å²) in [6.07, 6.45) is 5.67. The van der Waals surface area contributed by atoms with E-state index in [1.807, 2.05) is 12.3 Å². The standard InChI is InChI=1S/C21H20FN3O/c22-15-8-12(26)3-4-13(15)21-19-11-2-1-10(7-11)18(19)20-14-9-23-25-16(14)5-6-17(20)24-21/h3-6,8-11,18-19,21,24,26H,1-2,7H2,(H,23,25)/t10-,11-,18+,19-,21+/m1/s1. The molecule has 2 aromatic carbocycles. The molecule has 3 N–H and O–H groups in total. The van der Waals surface area contributed by atoms with Gasteiger partial charge in [-0.2, -0.15) is 5.10 Å². The number of nitrogens with zero attached hydrogens (tertiary/aromatic N) is 1. The van der Waals surface area contributed by atoms with Gasteiger partial charge in [0.1, 0.15) is 11.6 Å². The van der Waals surface area contributed by atoms with Crippen molar-refractivity contribution in [3.63, 3.8) is 0 Å². The Balaban J connectivity index is 1.56. The van der Waals surface area contributed by atoms with Crippen LogP contribution in [0.15, 0.2) is 36.5 Å². The number of H-pyrrole nitrogens is 1. The van der Waals surface area contributed by atoms with E-state index in [9.17, 15) is 9.50 Å². The van der Waals surface area contributed by atoms with Gasteiger partial charge in [-0.3, -0.25) is 5.10 Å². The zero-order valence-corrected chi connectivity index (χ0v) is 14.2. The van der Waals surface area contributed by atoms with Gasteiger partial charge >= 0.3 is 0 Å². The van der Waals surface area contributed by atoms with Crippen molar-refractivity contribution in [2.45, 2.75) is 31.2 Å². The minimum atomic E-state index is -0.322. The number of phenolic OH excluding ortho intramolecular Hbond substituents is 1. The van der Waals surface area contributed by atoms with E-state index in [0.29, 0.717) is 29.2 Å². The zero-order chi connectivity index (χ0) is 17.4. The number of nitrogens with one attached hydrogen (secondary N) is 2. The van der Waals surface area contributed by atoms with Crippen molar-refractivity contribution in [3.05, 3.63) is 53.5 Å². The molecule has 0 saturated heterocycles. The van der Waals surface area contributed by atoms with Crippen molar-refractivity contribution < 1.29 is 9.50 Å². The van der Waals surface area contributed by atoms with Crippen molar-refractivity contribution >= 4 is 16.6 Å². The summed E-state index contributed by atoms with van der Waals surface area (Å²) in [4.78, 5) is 0. The number of phenols is 1. The Bertz CT molecular complexity index is 1030. The van der Waals surface area contributed by atoms with E-state index in [0.717, 1.165) is 11.2 Å². The van der Waals surface area contributed by atoms with Gasteiger partial charge in [-0.25, -0.2) is 4.39 Å². The molecule has 132 valence electrons. The summed E-state index contributed by atoms with van der Waals surface area (Å²) in [5.74, 6) is 1.80. The van der Waals surface area contributed by atoms with Gasteiger partial charge in [-0.15, -0.1) is 0 Å². The van der Waals surface area contributed by atoms with Crippen LogP contribution >= 0.6 is 0 Å². The van der Waals surface area contributed by atoms with Gasteiger partial charge < -0.3 is 10.4 Å². The first-order valence-corrected chi connectivity index (χ1v) is 9.41. The molecule has 6 rings (SSSR count). The van der Waals surface area contributed by atoms with Gasteiger partial charge in [0.05, 0.1) is 17.8 Å². The first kappa shape index (κ1) is 14.6. The molecule has 0 radical (unpaired) electrons. The summed E-state index contributed by atoms with van der Waals surface area (Å²) in [5.41, 5.74) is 4.21. The highest BCUT2D eigenvalue weighted by Crippen LogP contribution is 2.64. The molecule has 5 atom stereocenters. The van der Waals surface area contributed by atoms with E-state index >= 15 is 0 Å². The molecule has 0 unspecified atom stereocenters. The largest absolute Gasteiger partial charge is 0.508 e. The molecular formula is C21H20FN3O. The number of halogens is 1. The Morgan fingerprint density at radius 1 is 1.12 bits per heavy atom. The Morgan fingerprint density at radius 3 is 2.88 bits per heavy atom. The molecule has 1 aromatic heterocycles. The maximum absolute atomic E-state index is 14.7. The van der Waals surface area contributed by atoms with Crippen molar-refractivity contribution in [1.82, 2.24) is 10.2 Å². The molecule has 0 amide bonds. The fourth-order valence-corrected chi connectivity index (χ4v) is 6.09. The van der Waals surface area contributed by atoms with Gasteiger partial charge in [0.15, 0.2) is 0 Å². The van der Waals surface area contributed by atoms with E-state index in [1.54, 1.807) is 12.1 Å². The normalized spacial score (nSPS) is 31.7. The molecule has 26 heavy (non-hydrogen) atoms. The Hall–Kier alpha value is -2.56. The Kier molecular flexibility index (Phi) is 2.80. The van der Waals surface area contributed by atoms with Crippen LogP contribution in [0.5, 0.6) is 5.75 Å². The summed E-state index contributed by atoms with van der Waals surface area (Å²) >= 11 is 0. The second-order valence-electron chi connectivity index (χ2n) is 8.12. The second kappa shape index (κ2) is 5.00. The van der Waals surface area contributed by atoms with Crippen molar-refractivity contribution in [2.75, 3.05) is 5.32 Å². The third-order valence-corrected chi connectivity index (χ3v) is 6.99. The van der Waals surface area contributed by atoms with Crippen LogP contribution in [0.2, 0.25) is 0 Å². The van der Waals surface area contributed by atoms with Crippen LogP contribution < -0.4 is 5.32 Å². The van der Waals surface area contributed by atoms with E-state index in [1.165, 1.54) is 36.3 Å². The fraction of sp³-hybridized carbons (Fsp3) is 0.381. The molecule has 2 heterocycles. The lowest BCUT2D eigenvalue weighted by Crippen LogP contribution is -2.36. The van der Waals surface area contributed by atoms with Crippen LogP contribution in [0.1, 0.15) is 42.3 Å². The molecule has 3 aliphatic rings. The minimum absolute atomic E-state index is 0.0212. The molecule has 5 heteroatoms. The number of fused-ring (bicyclic) bond motifs is 9. The first-order chi connectivity index (χ1) is 12.7. The Morgan fingerprint density at radius 2 is 2.00 bits per heavy atom. The average Bonchev–Trinajstić information content (AvgIpc) is 3.36. The summed E-state index contributed by atoms with van der Waals surface area (Å²) in [6, 6.07) is 8.67. The Labute approximate surface area is 150 Å². The number of hydrogen-bond acceptors (Lipinski definition) is 3. The number of hydrogen-bond donors (Lipinski definition) is 3. The van der Waals surface area contributed by atoms with Gasteiger partial charge in [0, 0.05) is 22.7 Å². The quantitative estimate of drug-likeness (QED) is 0.596. The molecule has 4 nitrogen and oxygen atoms in total. The molecule has 2 bridgehead atoms. The minimum Gasteiger partial charge on any atom is -0.508 e. The third kappa shape index (κ3) is 1.81. The summed E-state index contributed by atoms with van der Waals surface area (Å²) in [7, 11) is 0. The summed E-state index contributed by atoms with van der Waals surface area (Å²) < 4.78 is 14.7. The van der Waals surface area contributed by atoms with Crippen LogP contribution in [-0.2, 0) is 0 Å². The lowest BCUT2D eigenvalue weighted by molar-refractivity contribution is 0.246. The molecule has 1 aliphatic heterocycles. The van der Waals surface area contributed by atoms with Gasteiger partial charge in [0.2, 0.25) is 0 Å². The molecule has 0 spiro atoms. The van der Waals surface area contributed by atoms with Crippen LogP contribution in [0.25, 0.3) is 10.9 Å².